The molecule has 1 fully saturated rings. The first-order chi connectivity index (χ1) is 8.68. The van der Waals surface area contributed by atoms with Crippen LogP contribution >= 0.6 is 0 Å². The van der Waals surface area contributed by atoms with Gasteiger partial charge in [-0.05, 0) is 18.5 Å². The average Bonchev–Trinajstić information content (AvgIpc) is 2.38. The fourth-order valence-corrected chi connectivity index (χ4v) is 2.30. The number of benzene rings is 1. The maximum Gasteiger partial charge on any atom is 0.407 e. The van der Waals surface area contributed by atoms with Crippen LogP contribution in [-0.4, -0.2) is 46.4 Å². The van der Waals surface area contributed by atoms with Crippen molar-refractivity contribution in [3.05, 3.63) is 35.9 Å². The summed E-state index contributed by atoms with van der Waals surface area (Å²) in [5.74, 6) is 0. The highest BCUT2D eigenvalue weighted by Gasteiger charge is 2.31. The summed E-state index contributed by atoms with van der Waals surface area (Å²) in [6.45, 7) is 1.50. The van der Waals surface area contributed by atoms with E-state index in [1.165, 1.54) is 4.90 Å². The van der Waals surface area contributed by atoms with Gasteiger partial charge in [0.1, 0.15) is 0 Å². The van der Waals surface area contributed by atoms with E-state index in [1.807, 2.05) is 30.3 Å². The van der Waals surface area contributed by atoms with Crippen molar-refractivity contribution in [2.45, 2.75) is 25.1 Å². The Morgan fingerprint density at radius 3 is 2.72 bits per heavy atom. The van der Waals surface area contributed by atoms with Gasteiger partial charge in [0.25, 0.3) is 0 Å². The van der Waals surface area contributed by atoms with Crippen molar-refractivity contribution in [1.82, 2.24) is 10.2 Å². The van der Waals surface area contributed by atoms with Gasteiger partial charge in [-0.3, -0.25) is 4.90 Å². The Kier molecular flexibility index (Phi) is 4.17. The number of amides is 1. The van der Waals surface area contributed by atoms with Gasteiger partial charge in [-0.2, -0.15) is 0 Å². The highest BCUT2D eigenvalue weighted by molar-refractivity contribution is 5.65. The van der Waals surface area contributed by atoms with Crippen LogP contribution in [-0.2, 0) is 6.54 Å². The maximum atomic E-state index is 11.3. The molecule has 1 aliphatic heterocycles. The van der Waals surface area contributed by atoms with Gasteiger partial charge < -0.3 is 15.5 Å². The van der Waals surface area contributed by atoms with E-state index in [-0.39, 0.29) is 6.04 Å². The molecule has 3 N–H and O–H groups in total. The zero-order valence-electron chi connectivity index (χ0n) is 10.1. The summed E-state index contributed by atoms with van der Waals surface area (Å²) in [6, 6.07) is 9.12. The number of aliphatic hydroxyl groups is 1. The van der Waals surface area contributed by atoms with Crippen molar-refractivity contribution >= 4 is 6.09 Å². The summed E-state index contributed by atoms with van der Waals surface area (Å²) < 4.78 is 0. The van der Waals surface area contributed by atoms with E-state index >= 15 is 0 Å². The van der Waals surface area contributed by atoms with Gasteiger partial charge in [0.05, 0.1) is 12.1 Å². The lowest BCUT2D eigenvalue weighted by Crippen LogP contribution is -2.54. The van der Waals surface area contributed by atoms with Gasteiger partial charge in [-0.1, -0.05) is 30.3 Å². The molecule has 1 saturated heterocycles. The molecule has 1 heterocycles. The second-order valence-corrected chi connectivity index (χ2v) is 4.52. The molecule has 0 spiro atoms. The summed E-state index contributed by atoms with van der Waals surface area (Å²) in [5.41, 5.74) is 0.936. The molecule has 0 aromatic heterocycles. The zero-order valence-corrected chi connectivity index (χ0v) is 10.1. The Morgan fingerprint density at radius 2 is 2.11 bits per heavy atom. The number of carboxylic acid groups (broad SMARTS) is 1. The molecule has 5 heteroatoms. The lowest BCUT2D eigenvalue weighted by Gasteiger charge is -2.36. The fraction of sp³-hybridized carbons (Fsp3) is 0.462. The minimum atomic E-state index is -0.982. The average molecular weight is 250 g/mol. The summed E-state index contributed by atoms with van der Waals surface area (Å²) in [5, 5.41) is 22.3. The second kappa shape index (κ2) is 5.84. The molecule has 5 nitrogen and oxygen atoms in total. The fourth-order valence-electron chi connectivity index (χ4n) is 2.30. The molecular weight excluding hydrogens is 232 g/mol. The predicted molar refractivity (Wildman–Crippen MR) is 67.3 cm³/mol. The minimum absolute atomic E-state index is 0.317. The summed E-state index contributed by atoms with van der Waals surface area (Å²) >= 11 is 0. The third-order valence-corrected chi connectivity index (χ3v) is 3.26. The number of nitrogens with one attached hydrogen (secondary N) is 1. The first-order valence-electron chi connectivity index (χ1n) is 6.11. The number of aliphatic hydroxyl groups excluding tert-OH is 1. The van der Waals surface area contributed by atoms with Crippen LogP contribution in [0.1, 0.15) is 12.0 Å². The number of hydrogen-bond donors (Lipinski definition) is 3. The number of hydrogen-bond acceptors (Lipinski definition) is 3. The predicted octanol–water partition coefficient (Wildman–Crippen LogP) is 0.889. The van der Waals surface area contributed by atoms with E-state index in [0.717, 1.165) is 12.1 Å². The molecule has 2 rings (SSSR count). The van der Waals surface area contributed by atoms with Gasteiger partial charge >= 0.3 is 6.09 Å². The summed E-state index contributed by atoms with van der Waals surface area (Å²) in [6.07, 6.45) is -0.983. The third kappa shape index (κ3) is 3.00. The van der Waals surface area contributed by atoms with Gasteiger partial charge in [0.15, 0.2) is 0 Å². The third-order valence-electron chi connectivity index (χ3n) is 3.26. The minimum Gasteiger partial charge on any atom is -0.465 e. The van der Waals surface area contributed by atoms with Crippen LogP contribution in [0.25, 0.3) is 0 Å². The van der Waals surface area contributed by atoms with Gasteiger partial charge in [-0.15, -0.1) is 0 Å². The standard InChI is InChI=1S/C13H18N2O3/c16-12-8-14-7-6-11(12)15(13(17)18)9-10-4-2-1-3-5-10/h1-5,11-12,14,16H,6-9H2,(H,17,18)/t11-,12+/m1/s1. The van der Waals surface area contributed by atoms with Crippen molar-refractivity contribution in [1.29, 1.82) is 0 Å². The largest absolute Gasteiger partial charge is 0.465 e. The maximum absolute atomic E-state index is 11.3. The second-order valence-electron chi connectivity index (χ2n) is 4.52. The van der Waals surface area contributed by atoms with Crippen molar-refractivity contribution in [2.75, 3.05) is 13.1 Å². The molecule has 0 radical (unpaired) electrons. The molecule has 0 aliphatic carbocycles. The van der Waals surface area contributed by atoms with Crippen LogP contribution in [0, 0.1) is 0 Å². The molecular formula is C13H18N2O3. The van der Waals surface area contributed by atoms with Gasteiger partial charge in [0, 0.05) is 13.1 Å². The van der Waals surface area contributed by atoms with E-state index in [4.69, 9.17) is 0 Å². The number of carbonyl (C=O) groups is 1. The zero-order chi connectivity index (χ0) is 13.0. The quantitative estimate of drug-likeness (QED) is 0.745. The van der Waals surface area contributed by atoms with Crippen LogP contribution in [0.2, 0.25) is 0 Å². The van der Waals surface area contributed by atoms with Crippen LogP contribution in [0.5, 0.6) is 0 Å². The van der Waals surface area contributed by atoms with Crippen molar-refractivity contribution in [3.63, 3.8) is 0 Å². The van der Waals surface area contributed by atoms with E-state index in [0.29, 0.717) is 19.5 Å². The SMILES string of the molecule is O=C(O)N(Cc1ccccc1)[C@@H]1CCNC[C@@H]1O. The molecule has 18 heavy (non-hydrogen) atoms. The number of nitrogens with zero attached hydrogens (tertiary/aromatic N) is 1. The molecule has 1 aromatic rings. The normalized spacial score (nSPS) is 23.6. The van der Waals surface area contributed by atoms with E-state index in [2.05, 4.69) is 5.32 Å². The van der Waals surface area contributed by atoms with E-state index < -0.39 is 12.2 Å². The molecule has 0 saturated carbocycles. The Balaban J connectivity index is 2.10. The van der Waals surface area contributed by atoms with Gasteiger partial charge in [0.2, 0.25) is 0 Å². The lowest BCUT2D eigenvalue weighted by atomic mass is 10.0. The molecule has 98 valence electrons. The number of piperidine rings is 1. The highest BCUT2D eigenvalue weighted by Crippen LogP contribution is 2.16. The Bertz CT molecular complexity index is 396. The van der Waals surface area contributed by atoms with Crippen molar-refractivity contribution in [3.8, 4) is 0 Å². The summed E-state index contributed by atoms with van der Waals surface area (Å²) in [7, 11) is 0. The van der Waals surface area contributed by atoms with Gasteiger partial charge in [-0.25, -0.2) is 4.79 Å². The Hall–Kier alpha value is -1.59. The van der Waals surface area contributed by atoms with Crippen LogP contribution in [0.15, 0.2) is 30.3 Å². The Morgan fingerprint density at radius 1 is 1.39 bits per heavy atom. The monoisotopic (exact) mass is 250 g/mol. The molecule has 0 bridgehead atoms. The molecule has 1 aliphatic rings. The van der Waals surface area contributed by atoms with E-state index in [9.17, 15) is 15.0 Å². The van der Waals surface area contributed by atoms with Crippen molar-refractivity contribution in [2.24, 2.45) is 0 Å². The lowest BCUT2D eigenvalue weighted by molar-refractivity contribution is 0.0279. The van der Waals surface area contributed by atoms with Crippen molar-refractivity contribution < 1.29 is 15.0 Å². The Labute approximate surface area is 106 Å². The van der Waals surface area contributed by atoms with E-state index in [1.54, 1.807) is 0 Å². The first-order valence-corrected chi connectivity index (χ1v) is 6.11. The number of rotatable bonds is 3. The first kappa shape index (κ1) is 12.9. The molecule has 0 unspecified atom stereocenters. The number of β-amino-alcohol motifs (C(OH)–C–C–N with tert-alkyl or cyclic N) is 1. The molecule has 2 atom stereocenters. The molecule has 1 aromatic carbocycles. The topological polar surface area (TPSA) is 72.8 Å². The summed E-state index contributed by atoms with van der Waals surface area (Å²) in [4.78, 5) is 12.7. The molecule has 1 amide bonds. The van der Waals surface area contributed by atoms with Crippen LogP contribution in [0.4, 0.5) is 4.79 Å². The highest BCUT2D eigenvalue weighted by atomic mass is 16.4. The van der Waals surface area contributed by atoms with Crippen LogP contribution < -0.4 is 5.32 Å². The van der Waals surface area contributed by atoms with Crippen LogP contribution in [0.3, 0.4) is 0 Å². The smallest absolute Gasteiger partial charge is 0.407 e.